The van der Waals surface area contributed by atoms with E-state index >= 15 is 0 Å². The van der Waals surface area contributed by atoms with Crippen LogP contribution in [0.25, 0.3) is 0 Å². The Morgan fingerprint density at radius 2 is 1.95 bits per heavy atom. The van der Waals surface area contributed by atoms with Gasteiger partial charge in [-0.2, -0.15) is 5.10 Å². The number of fused-ring (bicyclic) bond motifs is 1. The molecule has 0 saturated heterocycles. The Balaban J connectivity index is 2.05. The summed E-state index contributed by atoms with van der Waals surface area (Å²) < 4.78 is 7.07. The Hall–Kier alpha value is -2.63. The third kappa shape index (κ3) is 2.47. The van der Waals surface area contributed by atoms with Crippen LogP contribution in [0, 0.1) is 0 Å². The van der Waals surface area contributed by atoms with Crippen LogP contribution < -0.4 is 15.2 Å². The number of benzene rings is 1. The molecule has 6 nitrogen and oxygen atoms in total. The number of aryl methyl sites for hydroxylation is 1. The van der Waals surface area contributed by atoms with E-state index < -0.39 is 5.60 Å². The van der Waals surface area contributed by atoms with Crippen molar-refractivity contribution in [1.82, 2.24) is 9.78 Å². The number of para-hydroxylation sites is 2. The SMILES string of the molecule is Cn1nc(C(=O)N2CC(C)(C)Oc3ccccc32)ccc1=O. The van der Waals surface area contributed by atoms with Crippen molar-refractivity contribution >= 4 is 11.6 Å². The maximum atomic E-state index is 12.8. The molecule has 6 heteroatoms. The molecular weight excluding hydrogens is 282 g/mol. The van der Waals surface area contributed by atoms with Crippen LogP contribution in [-0.2, 0) is 7.05 Å². The second-order valence-electron chi connectivity index (χ2n) is 5.90. The quantitative estimate of drug-likeness (QED) is 0.802. The van der Waals surface area contributed by atoms with Gasteiger partial charge in [-0.3, -0.25) is 14.5 Å². The smallest absolute Gasteiger partial charge is 0.278 e. The van der Waals surface area contributed by atoms with Gasteiger partial charge in [0.15, 0.2) is 0 Å². The predicted octanol–water partition coefficient (Wildman–Crippen LogP) is 1.60. The van der Waals surface area contributed by atoms with Gasteiger partial charge in [-0.15, -0.1) is 0 Å². The highest BCUT2D eigenvalue weighted by Gasteiger charge is 2.35. The normalized spacial score (nSPS) is 15.9. The van der Waals surface area contributed by atoms with Crippen molar-refractivity contribution in [2.75, 3.05) is 11.4 Å². The molecular formula is C16H17N3O3. The summed E-state index contributed by atoms with van der Waals surface area (Å²) in [4.78, 5) is 25.9. The number of aromatic nitrogens is 2. The van der Waals surface area contributed by atoms with Gasteiger partial charge in [0, 0.05) is 13.1 Å². The molecule has 0 atom stereocenters. The summed E-state index contributed by atoms with van der Waals surface area (Å²) >= 11 is 0. The summed E-state index contributed by atoms with van der Waals surface area (Å²) in [5, 5.41) is 4.04. The van der Waals surface area contributed by atoms with Gasteiger partial charge in [0.1, 0.15) is 17.0 Å². The van der Waals surface area contributed by atoms with Gasteiger partial charge in [0.05, 0.1) is 12.2 Å². The molecule has 2 heterocycles. The fourth-order valence-corrected chi connectivity index (χ4v) is 2.50. The summed E-state index contributed by atoms with van der Waals surface area (Å²) in [6.07, 6.45) is 0. The highest BCUT2D eigenvalue weighted by atomic mass is 16.5. The molecule has 0 spiro atoms. The van der Waals surface area contributed by atoms with Crippen LogP contribution in [0.4, 0.5) is 5.69 Å². The largest absolute Gasteiger partial charge is 0.484 e. The van der Waals surface area contributed by atoms with Gasteiger partial charge in [-0.1, -0.05) is 12.1 Å². The van der Waals surface area contributed by atoms with Gasteiger partial charge in [0.2, 0.25) is 0 Å². The van der Waals surface area contributed by atoms with E-state index in [0.717, 1.165) is 4.68 Å². The van der Waals surface area contributed by atoms with Crippen molar-refractivity contribution in [2.45, 2.75) is 19.4 Å². The minimum absolute atomic E-state index is 0.231. The first-order valence-corrected chi connectivity index (χ1v) is 7.02. The third-order valence-corrected chi connectivity index (χ3v) is 3.51. The second-order valence-corrected chi connectivity index (χ2v) is 5.90. The Labute approximate surface area is 127 Å². The van der Waals surface area contributed by atoms with E-state index in [1.807, 2.05) is 38.1 Å². The molecule has 0 saturated carbocycles. The van der Waals surface area contributed by atoms with Crippen molar-refractivity contribution in [3.05, 3.63) is 52.4 Å². The summed E-state index contributed by atoms with van der Waals surface area (Å²) in [5.41, 5.74) is 0.196. The summed E-state index contributed by atoms with van der Waals surface area (Å²) in [5.74, 6) is 0.413. The average Bonchev–Trinajstić information content (AvgIpc) is 2.47. The predicted molar refractivity (Wildman–Crippen MR) is 82.3 cm³/mol. The van der Waals surface area contributed by atoms with E-state index in [2.05, 4.69) is 5.10 Å². The summed E-state index contributed by atoms with van der Waals surface area (Å²) in [6.45, 7) is 4.27. The molecule has 0 fully saturated rings. The zero-order chi connectivity index (χ0) is 15.9. The minimum Gasteiger partial charge on any atom is -0.484 e. The number of hydrogen-bond acceptors (Lipinski definition) is 4. The standard InChI is InChI=1S/C16H17N3O3/c1-16(2)10-19(12-6-4-5-7-13(12)22-16)15(21)11-8-9-14(20)18(3)17-11/h4-9H,10H2,1-3H3. The number of rotatable bonds is 1. The van der Waals surface area contributed by atoms with E-state index in [0.29, 0.717) is 18.0 Å². The van der Waals surface area contributed by atoms with Crippen molar-refractivity contribution in [2.24, 2.45) is 7.05 Å². The van der Waals surface area contributed by atoms with Crippen LogP contribution in [0.2, 0.25) is 0 Å². The fourth-order valence-electron chi connectivity index (χ4n) is 2.50. The lowest BCUT2D eigenvalue weighted by Gasteiger charge is -2.39. The topological polar surface area (TPSA) is 64.4 Å². The number of anilines is 1. The first-order valence-electron chi connectivity index (χ1n) is 7.02. The molecule has 0 unspecified atom stereocenters. The Morgan fingerprint density at radius 3 is 2.68 bits per heavy atom. The number of nitrogens with zero attached hydrogens (tertiary/aromatic N) is 3. The average molecular weight is 299 g/mol. The van der Waals surface area contributed by atoms with Crippen LogP contribution in [0.3, 0.4) is 0 Å². The first-order chi connectivity index (χ1) is 10.4. The number of ether oxygens (including phenoxy) is 1. The number of carbonyl (C=O) groups excluding carboxylic acids is 1. The molecule has 114 valence electrons. The number of amides is 1. The molecule has 22 heavy (non-hydrogen) atoms. The zero-order valence-electron chi connectivity index (χ0n) is 12.7. The van der Waals surface area contributed by atoms with Crippen molar-refractivity contribution in [3.8, 4) is 5.75 Å². The van der Waals surface area contributed by atoms with E-state index in [4.69, 9.17) is 4.74 Å². The lowest BCUT2D eigenvalue weighted by atomic mass is 10.0. The third-order valence-electron chi connectivity index (χ3n) is 3.51. The Bertz CT molecular complexity index is 795. The lowest BCUT2D eigenvalue weighted by molar-refractivity contribution is 0.0831. The Kier molecular flexibility index (Phi) is 3.24. The van der Waals surface area contributed by atoms with E-state index in [1.165, 1.54) is 19.2 Å². The molecule has 1 aliphatic rings. The van der Waals surface area contributed by atoms with Crippen LogP contribution in [-0.4, -0.2) is 27.8 Å². The molecule has 1 amide bonds. The molecule has 1 aromatic carbocycles. The molecule has 0 aliphatic carbocycles. The zero-order valence-corrected chi connectivity index (χ0v) is 12.7. The fraction of sp³-hybridized carbons (Fsp3) is 0.312. The van der Waals surface area contributed by atoms with Crippen LogP contribution in [0.1, 0.15) is 24.3 Å². The second kappa shape index (κ2) is 4.98. The van der Waals surface area contributed by atoms with E-state index in [1.54, 1.807) is 4.90 Å². The number of hydrogen-bond donors (Lipinski definition) is 0. The Morgan fingerprint density at radius 1 is 1.23 bits per heavy atom. The van der Waals surface area contributed by atoms with Crippen LogP contribution in [0.15, 0.2) is 41.2 Å². The summed E-state index contributed by atoms with van der Waals surface area (Å²) in [7, 11) is 1.52. The van der Waals surface area contributed by atoms with Gasteiger partial charge in [-0.05, 0) is 32.0 Å². The minimum atomic E-state index is -0.495. The van der Waals surface area contributed by atoms with Gasteiger partial charge >= 0.3 is 0 Å². The number of carbonyl (C=O) groups is 1. The van der Waals surface area contributed by atoms with Gasteiger partial charge in [-0.25, -0.2) is 4.68 Å². The van der Waals surface area contributed by atoms with Gasteiger partial charge < -0.3 is 4.74 Å². The molecule has 3 rings (SSSR count). The van der Waals surface area contributed by atoms with Crippen LogP contribution >= 0.6 is 0 Å². The maximum absolute atomic E-state index is 12.8. The highest BCUT2D eigenvalue weighted by Crippen LogP contribution is 2.37. The van der Waals surface area contributed by atoms with Crippen LogP contribution in [0.5, 0.6) is 5.75 Å². The molecule has 0 N–H and O–H groups in total. The molecule has 0 radical (unpaired) electrons. The summed E-state index contributed by atoms with van der Waals surface area (Å²) in [6, 6.07) is 10.2. The highest BCUT2D eigenvalue weighted by molar-refractivity contribution is 6.05. The molecule has 2 aromatic rings. The van der Waals surface area contributed by atoms with Crippen molar-refractivity contribution < 1.29 is 9.53 Å². The maximum Gasteiger partial charge on any atom is 0.278 e. The van der Waals surface area contributed by atoms with E-state index in [9.17, 15) is 9.59 Å². The first kappa shape index (κ1) is 14.3. The van der Waals surface area contributed by atoms with E-state index in [-0.39, 0.29) is 17.2 Å². The van der Waals surface area contributed by atoms with Gasteiger partial charge in [0.25, 0.3) is 11.5 Å². The van der Waals surface area contributed by atoms with Crippen molar-refractivity contribution in [3.63, 3.8) is 0 Å². The monoisotopic (exact) mass is 299 g/mol. The molecule has 1 aliphatic heterocycles. The van der Waals surface area contributed by atoms with Crippen molar-refractivity contribution in [1.29, 1.82) is 0 Å². The molecule has 0 bridgehead atoms. The lowest BCUT2D eigenvalue weighted by Crippen LogP contribution is -2.49. The molecule has 1 aromatic heterocycles.